The zero-order chi connectivity index (χ0) is 31.6. The van der Waals surface area contributed by atoms with Crippen LogP contribution in [0.15, 0.2) is 12.2 Å². The molecule has 3 atom stereocenters. The van der Waals surface area contributed by atoms with Gasteiger partial charge in [0.05, 0.1) is 31.3 Å². The molecule has 0 saturated carbocycles. The molecular formula is C38H75NO4. The molecule has 256 valence electrons. The van der Waals surface area contributed by atoms with Crippen LogP contribution in [0.25, 0.3) is 0 Å². The molecule has 0 aliphatic heterocycles. The summed E-state index contributed by atoms with van der Waals surface area (Å²) in [5.74, 6) is -0.294. The van der Waals surface area contributed by atoms with E-state index >= 15 is 0 Å². The van der Waals surface area contributed by atoms with Crippen molar-refractivity contribution in [3.63, 3.8) is 0 Å². The lowest BCUT2D eigenvalue weighted by atomic mass is 10.0. The topological polar surface area (TPSA) is 89.8 Å². The largest absolute Gasteiger partial charge is 0.394 e. The molecule has 4 N–H and O–H groups in total. The van der Waals surface area contributed by atoms with Crippen LogP contribution in [0, 0.1) is 0 Å². The van der Waals surface area contributed by atoms with E-state index in [1.165, 1.54) is 122 Å². The van der Waals surface area contributed by atoms with Crippen molar-refractivity contribution < 1.29 is 20.1 Å². The van der Waals surface area contributed by atoms with E-state index in [2.05, 4.69) is 31.3 Å². The minimum Gasteiger partial charge on any atom is -0.394 e. The summed E-state index contributed by atoms with van der Waals surface area (Å²) in [5, 5.41) is 33.1. The highest BCUT2D eigenvalue weighted by Crippen LogP contribution is 2.16. The van der Waals surface area contributed by atoms with Gasteiger partial charge in [0.1, 0.15) is 0 Å². The monoisotopic (exact) mass is 610 g/mol. The Hall–Kier alpha value is -0.910. The summed E-state index contributed by atoms with van der Waals surface area (Å²) in [6.45, 7) is 4.20. The summed E-state index contributed by atoms with van der Waals surface area (Å²) in [6, 6.07) is -0.658. The van der Waals surface area contributed by atoms with Gasteiger partial charge in [0.15, 0.2) is 0 Å². The first kappa shape index (κ1) is 42.1. The number of aliphatic hydroxyl groups excluding tert-OH is 3. The predicted molar refractivity (Wildman–Crippen MR) is 185 cm³/mol. The van der Waals surface area contributed by atoms with Gasteiger partial charge in [-0.3, -0.25) is 4.79 Å². The zero-order valence-corrected chi connectivity index (χ0v) is 28.8. The van der Waals surface area contributed by atoms with Crippen molar-refractivity contribution in [2.75, 3.05) is 6.61 Å². The summed E-state index contributed by atoms with van der Waals surface area (Å²) in [4.78, 5) is 12.3. The first-order chi connectivity index (χ1) is 21.0. The molecule has 0 aromatic carbocycles. The van der Waals surface area contributed by atoms with E-state index in [1.54, 1.807) is 0 Å². The van der Waals surface area contributed by atoms with E-state index in [0.29, 0.717) is 12.8 Å². The number of amides is 1. The number of rotatable bonds is 34. The molecule has 0 heterocycles. The van der Waals surface area contributed by atoms with Crippen molar-refractivity contribution in [1.82, 2.24) is 5.32 Å². The number of nitrogens with one attached hydrogen (secondary N) is 1. The van der Waals surface area contributed by atoms with Gasteiger partial charge in [-0.05, 0) is 32.1 Å². The highest BCUT2D eigenvalue weighted by molar-refractivity contribution is 5.76. The molecule has 43 heavy (non-hydrogen) atoms. The van der Waals surface area contributed by atoms with Crippen LogP contribution in [0.1, 0.15) is 200 Å². The van der Waals surface area contributed by atoms with Gasteiger partial charge in [-0.25, -0.2) is 0 Å². The van der Waals surface area contributed by atoms with Crippen molar-refractivity contribution in [2.45, 2.75) is 218 Å². The minimum absolute atomic E-state index is 0.0272. The third-order valence-corrected chi connectivity index (χ3v) is 8.83. The Morgan fingerprint density at radius 1 is 0.558 bits per heavy atom. The van der Waals surface area contributed by atoms with Crippen LogP contribution >= 0.6 is 0 Å². The van der Waals surface area contributed by atoms with Crippen LogP contribution in [-0.4, -0.2) is 46.1 Å². The quantitative estimate of drug-likeness (QED) is 0.0432. The Morgan fingerprint density at radius 3 is 1.42 bits per heavy atom. The fraction of sp³-hybridized carbons (Fsp3) is 0.921. The SMILES string of the molecule is CCCC/C=C\CCCCCC(O)CC(=O)NC(CO)C(O)CCCCCCCCCCCCCCCCCCCCC. The molecular weight excluding hydrogens is 534 g/mol. The standard InChI is InChI=1S/C38H75NO4/c1-3-5-7-9-11-13-14-15-16-17-18-19-20-21-22-24-26-28-30-32-37(42)36(34-40)39-38(43)33-35(41)31-29-27-25-23-12-10-8-6-4-2/h10,12,35-37,40-42H,3-9,11,13-34H2,1-2H3,(H,39,43)/b12-10-. The third-order valence-electron chi connectivity index (χ3n) is 8.83. The van der Waals surface area contributed by atoms with Gasteiger partial charge in [0.25, 0.3) is 0 Å². The van der Waals surface area contributed by atoms with E-state index < -0.39 is 18.2 Å². The van der Waals surface area contributed by atoms with Crippen LogP contribution in [0.4, 0.5) is 0 Å². The maximum absolute atomic E-state index is 12.3. The second-order valence-corrected chi connectivity index (χ2v) is 13.2. The van der Waals surface area contributed by atoms with Gasteiger partial charge >= 0.3 is 0 Å². The van der Waals surface area contributed by atoms with Crippen molar-refractivity contribution in [3.05, 3.63) is 12.2 Å². The molecule has 0 bridgehead atoms. The van der Waals surface area contributed by atoms with Gasteiger partial charge in [-0.15, -0.1) is 0 Å². The second-order valence-electron chi connectivity index (χ2n) is 13.2. The molecule has 0 aromatic rings. The highest BCUT2D eigenvalue weighted by Gasteiger charge is 2.21. The number of carbonyl (C=O) groups excluding carboxylic acids is 1. The number of hydrogen-bond donors (Lipinski definition) is 4. The lowest BCUT2D eigenvalue weighted by Crippen LogP contribution is -2.46. The minimum atomic E-state index is -0.748. The fourth-order valence-corrected chi connectivity index (χ4v) is 5.85. The van der Waals surface area contributed by atoms with E-state index in [9.17, 15) is 20.1 Å². The number of aliphatic hydroxyl groups is 3. The van der Waals surface area contributed by atoms with Gasteiger partial charge in [-0.2, -0.15) is 0 Å². The maximum atomic E-state index is 12.3. The molecule has 0 fully saturated rings. The number of unbranched alkanes of at least 4 members (excludes halogenated alkanes) is 23. The van der Waals surface area contributed by atoms with Gasteiger partial charge in [-0.1, -0.05) is 174 Å². The van der Waals surface area contributed by atoms with E-state index in [1.807, 2.05) is 0 Å². The van der Waals surface area contributed by atoms with Crippen molar-refractivity contribution in [1.29, 1.82) is 0 Å². The zero-order valence-electron chi connectivity index (χ0n) is 28.8. The molecule has 0 aliphatic carbocycles. The summed E-state index contributed by atoms with van der Waals surface area (Å²) < 4.78 is 0. The van der Waals surface area contributed by atoms with E-state index in [-0.39, 0.29) is 18.9 Å². The van der Waals surface area contributed by atoms with Crippen LogP contribution in [0.3, 0.4) is 0 Å². The number of hydrogen-bond acceptors (Lipinski definition) is 4. The molecule has 1 amide bonds. The Bertz CT molecular complexity index is 596. The lowest BCUT2D eigenvalue weighted by Gasteiger charge is -2.23. The molecule has 0 aliphatic rings. The molecule has 0 saturated heterocycles. The van der Waals surface area contributed by atoms with E-state index in [4.69, 9.17) is 0 Å². The Labute approximate surface area is 268 Å². The van der Waals surface area contributed by atoms with Crippen molar-refractivity contribution in [2.24, 2.45) is 0 Å². The van der Waals surface area contributed by atoms with Crippen molar-refractivity contribution >= 4 is 5.91 Å². The Kier molecular flexibility index (Phi) is 33.3. The maximum Gasteiger partial charge on any atom is 0.222 e. The van der Waals surface area contributed by atoms with Crippen molar-refractivity contribution in [3.8, 4) is 0 Å². The smallest absolute Gasteiger partial charge is 0.222 e. The lowest BCUT2D eigenvalue weighted by molar-refractivity contribution is -0.125. The summed E-state index contributed by atoms with van der Waals surface area (Å²) >= 11 is 0. The van der Waals surface area contributed by atoms with E-state index in [0.717, 1.165) is 44.9 Å². The molecule has 3 unspecified atom stereocenters. The first-order valence-electron chi connectivity index (χ1n) is 19.0. The highest BCUT2D eigenvalue weighted by atomic mass is 16.3. The average molecular weight is 610 g/mol. The second kappa shape index (κ2) is 34.0. The van der Waals surface area contributed by atoms with Crippen LogP contribution in [0.2, 0.25) is 0 Å². The summed E-state index contributed by atoms with van der Waals surface area (Å²) in [7, 11) is 0. The molecule has 0 spiro atoms. The summed E-state index contributed by atoms with van der Waals surface area (Å²) in [6.07, 6.45) is 37.5. The molecule has 5 nitrogen and oxygen atoms in total. The van der Waals surface area contributed by atoms with Crippen LogP contribution in [0.5, 0.6) is 0 Å². The molecule has 0 rings (SSSR count). The summed E-state index contributed by atoms with van der Waals surface area (Å²) in [5.41, 5.74) is 0. The van der Waals surface area contributed by atoms with Gasteiger partial charge in [0, 0.05) is 0 Å². The third kappa shape index (κ3) is 30.9. The number of carbonyl (C=O) groups is 1. The van der Waals surface area contributed by atoms with Gasteiger partial charge < -0.3 is 20.6 Å². The fourth-order valence-electron chi connectivity index (χ4n) is 5.85. The molecule has 5 heteroatoms. The predicted octanol–water partition coefficient (Wildman–Crippen LogP) is 10.1. The number of allylic oxidation sites excluding steroid dienone is 2. The molecule has 0 radical (unpaired) electrons. The van der Waals surface area contributed by atoms with Crippen LogP contribution in [-0.2, 0) is 4.79 Å². The Balaban J connectivity index is 3.61. The Morgan fingerprint density at radius 2 is 0.953 bits per heavy atom. The average Bonchev–Trinajstić information content (AvgIpc) is 3.00. The normalized spacial score (nSPS) is 13.9. The van der Waals surface area contributed by atoms with Crippen LogP contribution < -0.4 is 5.32 Å². The first-order valence-corrected chi connectivity index (χ1v) is 19.0. The van der Waals surface area contributed by atoms with Gasteiger partial charge in [0.2, 0.25) is 5.91 Å². The molecule has 0 aromatic heterocycles.